The monoisotopic (exact) mass is 282 g/mol. The first-order valence-electron chi connectivity index (χ1n) is 7.05. The van der Waals surface area contributed by atoms with E-state index in [9.17, 15) is 4.79 Å². The molecule has 4 nitrogen and oxygen atoms in total. The molecule has 1 aliphatic rings. The van der Waals surface area contributed by atoms with Gasteiger partial charge in [-0.05, 0) is 29.8 Å². The molecule has 0 spiro atoms. The summed E-state index contributed by atoms with van der Waals surface area (Å²) in [6, 6.07) is 17.0. The van der Waals surface area contributed by atoms with E-state index in [0.29, 0.717) is 30.9 Å². The summed E-state index contributed by atoms with van der Waals surface area (Å²) in [5, 5.41) is 0. The lowest BCUT2D eigenvalue weighted by atomic mass is 10.1. The topological polar surface area (TPSA) is 55.6 Å². The Kier molecular flexibility index (Phi) is 3.88. The molecule has 1 saturated heterocycles. The van der Waals surface area contributed by atoms with Crippen LogP contribution >= 0.6 is 0 Å². The van der Waals surface area contributed by atoms with Gasteiger partial charge in [0.2, 0.25) is 0 Å². The Morgan fingerprint density at radius 3 is 2.52 bits per heavy atom. The van der Waals surface area contributed by atoms with Crippen LogP contribution in [0.3, 0.4) is 0 Å². The average Bonchev–Trinajstić information content (AvgIpc) is 2.56. The molecular formula is C17H18N2O2. The lowest BCUT2D eigenvalue weighted by Gasteiger charge is -2.33. The fourth-order valence-corrected chi connectivity index (χ4v) is 2.51. The highest BCUT2D eigenvalue weighted by Crippen LogP contribution is 2.23. The summed E-state index contributed by atoms with van der Waals surface area (Å²) >= 11 is 0. The molecule has 1 heterocycles. The summed E-state index contributed by atoms with van der Waals surface area (Å²) < 4.78 is 5.79. The molecule has 108 valence electrons. The summed E-state index contributed by atoms with van der Waals surface area (Å²) in [6.45, 7) is 1.75. The predicted molar refractivity (Wildman–Crippen MR) is 81.9 cm³/mol. The smallest absolute Gasteiger partial charge is 0.254 e. The zero-order valence-corrected chi connectivity index (χ0v) is 11.7. The first-order chi connectivity index (χ1) is 10.2. The van der Waals surface area contributed by atoms with E-state index >= 15 is 0 Å². The number of nitrogens with zero attached hydrogens (tertiary/aromatic N) is 1. The minimum absolute atomic E-state index is 0.0271. The van der Waals surface area contributed by atoms with E-state index in [1.165, 1.54) is 0 Å². The van der Waals surface area contributed by atoms with Crippen LogP contribution in [0, 0.1) is 0 Å². The maximum absolute atomic E-state index is 12.5. The first-order valence-corrected chi connectivity index (χ1v) is 7.05. The number of carbonyl (C=O) groups excluding carboxylic acids is 1. The summed E-state index contributed by atoms with van der Waals surface area (Å²) in [7, 11) is 0. The second-order valence-corrected chi connectivity index (χ2v) is 5.14. The third kappa shape index (κ3) is 3.06. The molecule has 1 amide bonds. The van der Waals surface area contributed by atoms with Crippen LogP contribution in [-0.4, -0.2) is 30.5 Å². The van der Waals surface area contributed by atoms with Gasteiger partial charge in [0.15, 0.2) is 0 Å². The van der Waals surface area contributed by atoms with E-state index in [1.54, 1.807) is 24.3 Å². The predicted octanol–water partition coefficient (Wildman–Crippen LogP) is 2.48. The van der Waals surface area contributed by atoms with E-state index in [4.69, 9.17) is 10.5 Å². The fourth-order valence-electron chi connectivity index (χ4n) is 2.51. The number of hydrogen-bond donors (Lipinski definition) is 1. The Balaban J connectivity index is 1.74. The van der Waals surface area contributed by atoms with Crippen molar-refractivity contribution in [3.05, 3.63) is 65.7 Å². The Bertz CT molecular complexity index is 610. The molecule has 1 fully saturated rings. The van der Waals surface area contributed by atoms with Gasteiger partial charge in [0.1, 0.15) is 6.10 Å². The standard InChI is InChI=1S/C17H18N2O2/c18-15-8-6-14(7-9-15)17(20)19-10-11-21-16(12-19)13-4-2-1-3-5-13/h1-9,16H,10-12,18H2. The number of nitrogen functional groups attached to an aromatic ring is 1. The molecule has 2 N–H and O–H groups in total. The number of benzene rings is 2. The molecule has 1 atom stereocenters. The van der Waals surface area contributed by atoms with Gasteiger partial charge in [0, 0.05) is 17.8 Å². The molecule has 3 rings (SSSR count). The normalized spacial score (nSPS) is 18.5. The van der Waals surface area contributed by atoms with Crippen molar-refractivity contribution >= 4 is 11.6 Å². The zero-order chi connectivity index (χ0) is 14.7. The number of ether oxygens (including phenoxy) is 1. The van der Waals surface area contributed by atoms with Crippen LogP contribution < -0.4 is 5.73 Å². The van der Waals surface area contributed by atoms with Crippen molar-refractivity contribution in [3.63, 3.8) is 0 Å². The minimum Gasteiger partial charge on any atom is -0.399 e. The molecule has 0 radical (unpaired) electrons. The highest BCUT2D eigenvalue weighted by atomic mass is 16.5. The third-order valence-electron chi connectivity index (χ3n) is 3.68. The van der Waals surface area contributed by atoms with Gasteiger partial charge in [0.25, 0.3) is 5.91 Å². The number of morpholine rings is 1. The maximum atomic E-state index is 12.5. The third-order valence-corrected chi connectivity index (χ3v) is 3.68. The van der Waals surface area contributed by atoms with Gasteiger partial charge in [-0.15, -0.1) is 0 Å². The van der Waals surface area contributed by atoms with Crippen LogP contribution in [0.15, 0.2) is 54.6 Å². The maximum Gasteiger partial charge on any atom is 0.254 e. The number of anilines is 1. The first kappa shape index (κ1) is 13.6. The van der Waals surface area contributed by atoms with Crippen molar-refractivity contribution in [2.45, 2.75) is 6.10 Å². The molecule has 2 aromatic rings. The van der Waals surface area contributed by atoms with Gasteiger partial charge in [-0.25, -0.2) is 0 Å². The number of rotatable bonds is 2. The molecule has 1 unspecified atom stereocenters. The molecule has 0 aromatic heterocycles. The lowest BCUT2D eigenvalue weighted by Crippen LogP contribution is -2.42. The average molecular weight is 282 g/mol. The zero-order valence-electron chi connectivity index (χ0n) is 11.7. The van der Waals surface area contributed by atoms with Gasteiger partial charge in [-0.3, -0.25) is 4.79 Å². The summed E-state index contributed by atoms with van der Waals surface area (Å²) in [5.74, 6) is 0.0271. The molecular weight excluding hydrogens is 264 g/mol. The summed E-state index contributed by atoms with van der Waals surface area (Å²) in [5.41, 5.74) is 8.09. The highest BCUT2D eigenvalue weighted by molar-refractivity contribution is 5.94. The van der Waals surface area contributed by atoms with Gasteiger partial charge >= 0.3 is 0 Å². The van der Waals surface area contributed by atoms with Crippen molar-refractivity contribution < 1.29 is 9.53 Å². The van der Waals surface area contributed by atoms with E-state index in [0.717, 1.165) is 5.56 Å². The quantitative estimate of drug-likeness (QED) is 0.861. The van der Waals surface area contributed by atoms with Crippen molar-refractivity contribution in [1.82, 2.24) is 4.90 Å². The Morgan fingerprint density at radius 2 is 1.81 bits per heavy atom. The van der Waals surface area contributed by atoms with E-state index in [1.807, 2.05) is 35.2 Å². The van der Waals surface area contributed by atoms with Gasteiger partial charge in [-0.2, -0.15) is 0 Å². The van der Waals surface area contributed by atoms with E-state index in [2.05, 4.69) is 0 Å². The lowest BCUT2D eigenvalue weighted by molar-refractivity contribution is -0.0228. The fraction of sp³-hybridized carbons (Fsp3) is 0.235. The summed E-state index contributed by atoms with van der Waals surface area (Å²) in [4.78, 5) is 14.4. The van der Waals surface area contributed by atoms with Gasteiger partial charge in [0.05, 0.1) is 13.2 Å². The molecule has 0 aliphatic carbocycles. The second-order valence-electron chi connectivity index (χ2n) is 5.14. The number of hydrogen-bond acceptors (Lipinski definition) is 3. The molecule has 0 bridgehead atoms. The van der Waals surface area contributed by atoms with E-state index in [-0.39, 0.29) is 12.0 Å². The number of amides is 1. The van der Waals surface area contributed by atoms with Crippen molar-refractivity contribution in [3.8, 4) is 0 Å². The number of nitrogens with two attached hydrogens (primary N) is 1. The van der Waals surface area contributed by atoms with Crippen molar-refractivity contribution in [2.24, 2.45) is 0 Å². The van der Waals surface area contributed by atoms with Gasteiger partial charge in [-0.1, -0.05) is 30.3 Å². The van der Waals surface area contributed by atoms with Gasteiger partial charge < -0.3 is 15.4 Å². The van der Waals surface area contributed by atoms with Crippen LogP contribution in [0.4, 0.5) is 5.69 Å². The molecule has 2 aromatic carbocycles. The largest absolute Gasteiger partial charge is 0.399 e. The van der Waals surface area contributed by atoms with Crippen LogP contribution in [-0.2, 0) is 4.74 Å². The van der Waals surface area contributed by atoms with Crippen LogP contribution in [0.5, 0.6) is 0 Å². The van der Waals surface area contributed by atoms with Crippen LogP contribution in [0.25, 0.3) is 0 Å². The Morgan fingerprint density at radius 1 is 1.10 bits per heavy atom. The summed E-state index contributed by atoms with van der Waals surface area (Å²) in [6.07, 6.45) is -0.0577. The molecule has 21 heavy (non-hydrogen) atoms. The number of carbonyl (C=O) groups is 1. The van der Waals surface area contributed by atoms with Crippen molar-refractivity contribution in [2.75, 3.05) is 25.4 Å². The highest BCUT2D eigenvalue weighted by Gasteiger charge is 2.25. The molecule has 1 aliphatic heterocycles. The van der Waals surface area contributed by atoms with Crippen LogP contribution in [0.2, 0.25) is 0 Å². The Labute approximate surface area is 124 Å². The van der Waals surface area contributed by atoms with Crippen molar-refractivity contribution in [1.29, 1.82) is 0 Å². The Hall–Kier alpha value is -2.33. The van der Waals surface area contributed by atoms with E-state index < -0.39 is 0 Å². The second kappa shape index (κ2) is 5.97. The van der Waals surface area contributed by atoms with Crippen LogP contribution in [0.1, 0.15) is 22.0 Å². The molecule has 4 heteroatoms. The minimum atomic E-state index is -0.0577. The SMILES string of the molecule is Nc1ccc(C(=O)N2CCOC(c3ccccc3)C2)cc1. The molecule has 0 saturated carbocycles.